The average Bonchev–Trinajstić information content (AvgIpc) is 2.76. The fourth-order valence-electron chi connectivity index (χ4n) is 2.88. The third-order valence-corrected chi connectivity index (χ3v) is 5.17. The van der Waals surface area contributed by atoms with Crippen molar-refractivity contribution < 1.29 is 5.11 Å². The number of aromatic nitrogens is 2. The summed E-state index contributed by atoms with van der Waals surface area (Å²) in [5, 5.41) is 16.3. The first kappa shape index (κ1) is 13.9. The number of rotatable bonds is 3. The van der Waals surface area contributed by atoms with Gasteiger partial charge in [-0.05, 0) is 13.1 Å². The summed E-state index contributed by atoms with van der Waals surface area (Å²) in [4.78, 5) is 2.27. The molecular weight excluding hydrogens is 270 g/mol. The SMILES string of the molecule is CN1CCSCC1C(O)Cc1nn(C)c2ccccc12. The van der Waals surface area contributed by atoms with Crippen molar-refractivity contribution in [2.75, 3.05) is 25.1 Å². The summed E-state index contributed by atoms with van der Waals surface area (Å²) >= 11 is 1.93. The van der Waals surface area contributed by atoms with Crippen LogP contribution in [0.1, 0.15) is 5.69 Å². The predicted molar refractivity (Wildman–Crippen MR) is 84.2 cm³/mol. The monoisotopic (exact) mass is 291 g/mol. The number of likely N-dealkylation sites (N-methyl/N-ethyl adjacent to an activating group) is 1. The summed E-state index contributed by atoms with van der Waals surface area (Å²) in [6.45, 7) is 1.05. The molecule has 0 spiro atoms. The summed E-state index contributed by atoms with van der Waals surface area (Å²) in [6, 6.07) is 8.44. The van der Waals surface area contributed by atoms with E-state index in [0.29, 0.717) is 6.42 Å². The quantitative estimate of drug-likeness (QED) is 0.931. The average molecular weight is 291 g/mol. The van der Waals surface area contributed by atoms with Crippen LogP contribution in [0.5, 0.6) is 0 Å². The molecule has 5 heteroatoms. The second-order valence-electron chi connectivity index (χ2n) is 5.48. The molecule has 0 bridgehead atoms. The highest BCUT2D eigenvalue weighted by Gasteiger charge is 2.27. The highest BCUT2D eigenvalue weighted by molar-refractivity contribution is 7.99. The van der Waals surface area contributed by atoms with E-state index in [9.17, 15) is 5.11 Å². The number of hydrogen-bond donors (Lipinski definition) is 1. The van der Waals surface area contributed by atoms with E-state index in [1.54, 1.807) is 0 Å². The third kappa shape index (κ3) is 2.57. The minimum absolute atomic E-state index is 0.231. The van der Waals surface area contributed by atoms with E-state index in [1.165, 1.54) is 0 Å². The molecule has 108 valence electrons. The normalized spacial score (nSPS) is 22.2. The molecule has 1 aromatic heterocycles. The Bertz CT molecular complexity index is 598. The molecule has 1 saturated heterocycles. The van der Waals surface area contributed by atoms with Crippen LogP contribution < -0.4 is 0 Å². The van der Waals surface area contributed by atoms with Crippen molar-refractivity contribution in [1.29, 1.82) is 0 Å². The van der Waals surface area contributed by atoms with Crippen LogP contribution in [0.25, 0.3) is 10.9 Å². The van der Waals surface area contributed by atoms with Crippen molar-refractivity contribution in [3.8, 4) is 0 Å². The van der Waals surface area contributed by atoms with Crippen molar-refractivity contribution in [2.45, 2.75) is 18.6 Å². The molecule has 20 heavy (non-hydrogen) atoms. The van der Waals surface area contributed by atoms with Gasteiger partial charge in [0.05, 0.1) is 17.3 Å². The molecule has 4 nitrogen and oxygen atoms in total. The topological polar surface area (TPSA) is 41.3 Å². The van der Waals surface area contributed by atoms with Gasteiger partial charge < -0.3 is 5.11 Å². The third-order valence-electron chi connectivity index (χ3n) is 4.12. The van der Waals surface area contributed by atoms with E-state index in [2.05, 4.69) is 29.2 Å². The Morgan fingerprint density at radius 2 is 2.20 bits per heavy atom. The summed E-state index contributed by atoms with van der Waals surface area (Å²) in [5.74, 6) is 2.16. The highest BCUT2D eigenvalue weighted by Crippen LogP contribution is 2.23. The second kappa shape index (κ2) is 5.76. The van der Waals surface area contributed by atoms with Gasteiger partial charge in [0.15, 0.2) is 0 Å². The van der Waals surface area contributed by atoms with Gasteiger partial charge in [-0.15, -0.1) is 0 Å². The maximum absolute atomic E-state index is 10.6. The highest BCUT2D eigenvalue weighted by atomic mass is 32.2. The van der Waals surface area contributed by atoms with Gasteiger partial charge in [-0.1, -0.05) is 18.2 Å². The number of para-hydroxylation sites is 1. The van der Waals surface area contributed by atoms with Crippen molar-refractivity contribution in [3.05, 3.63) is 30.0 Å². The maximum atomic E-state index is 10.6. The lowest BCUT2D eigenvalue weighted by molar-refractivity contribution is 0.0757. The minimum atomic E-state index is -0.355. The fraction of sp³-hybridized carbons (Fsp3) is 0.533. The van der Waals surface area contributed by atoms with Gasteiger partial charge in [-0.2, -0.15) is 16.9 Å². The van der Waals surface area contributed by atoms with Crippen molar-refractivity contribution in [1.82, 2.24) is 14.7 Å². The summed E-state index contributed by atoms with van der Waals surface area (Å²) in [6.07, 6.45) is 0.266. The summed E-state index contributed by atoms with van der Waals surface area (Å²) < 4.78 is 1.90. The first-order valence-electron chi connectivity index (χ1n) is 7.03. The number of aryl methyl sites for hydroxylation is 1. The molecule has 2 atom stereocenters. The molecule has 0 radical (unpaired) electrons. The number of nitrogens with zero attached hydrogens (tertiary/aromatic N) is 3. The smallest absolute Gasteiger partial charge is 0.0759 e. The van der Waals surface area contributed by atoms with E-state index in [-0.39, 0.29) is 12.1 Å². The Labute approximate surface area is 123 Å². The molecule has 1 aromatic carbocycles. The van der Waals surface area contributed by atoms with Gasteiger partial charge in [0.1, 0.15) is 0 Å². The molecule has 3 rings (SSSR count). The molecule has 1 fully saturated rings. The molecule has 2 unspecified atom stereocenters. The zero-order chi connectivity index (χ0) is 14.1. The van der Waals surface area contributed by atoms with Crippen LogP contribution in [-0.2, 0) is 13.5 Å². The van der Waals surface area contributed by atoms with Gasteiger partial charge in [-0.25, -0.2) is 0 Å². The summed E-state index contributed by atoms with van der Waals surface area (Å²) in [5.41, 5.74) is 2.13. The van der Waals surface area contributed by atoms with Gasteiger partial charge in [0.25, 0.3) is 0 Å². The molecule has 0 aliphatic carbocycles. The largest absolute Gasteiger partial charge is 0.391 e. The van der Waals surface area contributed by atoms with Crippen LogP contribution in [0.4, 0.5) is 0 Å². The second-order valence-corrected chi connectivity index (χ2v) is 6.63. The lowest BCUT2D eigenvalue weighted by atomic mass is 10.0. The molecule has 0 amide bonds. The van der Waals surface area contributed by atoms with E-state index < -0.39 is 0 Å². The number of fused-ring (bicyclic) bond motifs is 1. The van der Waals surface area contributed by atoms with Crippen molar-refractivity contribution >= 4 is 22.7 Å². The van der Waals surface area contributed by atoms with Crippen LogP contribution in [0.2, 0.25) is 0 Å². The number of benzene rings is 1. The van der Waals surface area contributed by atoms with Gasteiger partial charge in [0, 0.05) is 42.9 Å². The van der Waals surface area contributed by atoms with E-state index >= 15 is 0 Å². The van der Waals surface area contributed by atoms with Crippen LogP contribution >= 0.6 is 11.8 Å². The number of aliphatic hydroxyl groups is 1. The van der Waals surface area contributed by atoms with Gasteiger partial charge in [-0.3, -0.25) is 9.58 Å². The molecule has 1 aliphatic heterocycles. The summed E-state index contributed by atoms with van der Waals surface area (Å²) in [7, 11) is 4.06. The first-order valence-corrected chi connectivity index (χ1v) is 8.19. The van der Waals surface area contributed by atoms with Crippen LogP contribution in [0.3, 0.4) is 0 Å². The van der Waals surface area contributed by atoms with Gasteiger partial charge >= 0.3 is 0 Å². The van der Waals surface area contributed by atoms with E-state index in [4.69, 9.17) is 0 Å². The Kier molecular flexibility index (Phi) is 4.01. The molecular formula is C15H21N3OS. The number of thioether (sulfide) groups is 1. The van der Waals surface area contributed by atoms with E-state index in [0.717, 1.165) is 34.6 Å². The van der Waals surface area contributed by atoms with Crippen molar-refractivity contribution in [3.63, 3.8) is 0 Å². The maximum Gasteiger partial charge on any atom is 0.0759 e. The zero-order valence-electron chi connectivity index (χ0n) is 12.0. The molecule has 2 aromatic rings. The van der Waals surface area contributed by atoms with Crippen LogP contribution in [0.15, 0.2) is 24.3 Å². The van der Waals surface area contributed by atoms with Gasteiger partial charge in [0.2, 0.25) is 0 Å². The van der Waals surface area contributed by atoms with E-state index in [1.807, 2.05) is 35.6 Å². The predicted octanol–water partition coefficient (Wildman–Crippen LogP) is 1.52. The Morgan fingerprint density at radius 1 is 1.40 bits per heavy atom. The Balaban J connectivity index is 1.82. The number of hydrogen-bond acceptors (Lipinski definition) is 4. The lowest BCUT2D eigenvalue weighted by Gasteiger charge is -2.35. The molecule has 0 saturated carbocycles. The van der Waals surface area contributed by atoms with Crippen LogP contribution in [0, 0.1) is 0 Å². The molecule has 2 heterocycles. The standard InChI is InChI=1S/C15H21N3OS/c1-17-7-8-20-10-14(17)15(19)9-12-11-5-3-4-6-13(11)18(2)16-12/h3-6,14-15,19H,7-10H2,1-2H3. The zero-order valence-corrected chi connectivity index (χ0v) is 12.8. The van der Waals surface area contributed by atoms with Crippen molar-refractivity contribution in [2.24, 2.45) is 7.05 Å². The Morgan fingerprint density at radius 3 is 3.00 bits per heavy atom. The Hall–Kier alpha value is -1.04. The minimum Gasteiger partial charge on any atom is -0.391 e. The fourth-order valence-corrected chi connectivity index (χ4v) is 4.19. The number of aliphatic hydroxyl groups excluding tert-OH is 1. The molecule has 1 aliphatic rings. The first-order chi connectivity index (χ1) is 9.66. The van der Waals surface area contributed by atoms with Crippen LogP contribution in [-0.4, -0.2) is 57.0 Å². The molecule has 1 N–H and O–H groups in total. The lowest BCUT2D eigenvalue weighted by Crippen LogP contribution is -2.47.